The molecule has 0 bridgehead atoms. The van der Waals surface area contributed by atoms with Gasteiger partial charge in [0.15, 0.2) is 0 Å². The first-order chi connectivity index (χ1) is 8.54. The van der Waals surface area contributed by atoms with Crippen LogP contribution in [0.25, 0.3) is 0 Å². The van der Waals surface area contributed by atoms with Gasteiger partial charge in [0.2, 0.25) is 5.91 Å². The van der Waals surface area contributed by atoms with Gasteiger partial charge >= 0.3 is 5.97 Å². The van der Waals surface area contributed by atoms with Crippen molar-refractivity contribution in [3.63, 3.8) is 0 Å². The Hall–Kier alpha value is -2.28. The molecule has 0 spiro atoms. The van der Waals surface area contributed by atoms with Crippen LogP contribution in [0.5, 0.6) is 0 Å². The molecule has 0 saturated heterocycles. The fourth-order valence-electron chi connectivity index (χ4n) is 1.50. The molecule has 0 aliphatic rings. The summed E-state index contributed by atoms with van der Waals surface area (Å²) in [5, 5.41) is 8.84. The molecule has 0 atom stereocenters. The van der Waals surface area contributed by atoms with Gasteiger partial charge in [-0.15, -0.1) is 12.3 Å². The summed E-state index contributed by atoms with van der Waals surface area (Å²) in [5.74, 6) is 1.04. The molecule has 0 radical (unpaired) electrons. The molecule has 0 aromatic heterocycles. The number of hydrogen-bond donors (Lipinski definition) is 1. The second-order valence-corrected chi connectivity index (χ2v) is 3.91. The summed E-state index contributed by atoms with van der Waals surface area (Å²) in [6.45, 7) is 1.57. The maximum Gasteiger partial charge on any atom is 0.323 e. The molecule has 4 heteroatoms. The Morgan fingerprint density at radius 3 is 2.44 bits per heavy atom. The van der Waals surface area contributed by atoms with E-state index in [1.807, 2.05) is 19.1 Å². The van der Waals surface area contributed by atoms with Crippen molar-refractivity contribution in [3.05, 3.63) is 29.8 Å². The normalized spacial score (nSPS) is 9.56. The van der Waals surface area contributed by atoms with Gasteiger partial charge in [-0.25, -0.2) is 0 Å². The van der Waals surface area contributed by atoms with E-state index in [1.165, 1.54) is 4.90 Å². The van der Waals surface area contributed by atoms with E-state index in [2.05, 4.69) is 5.92 Å². The van der Waals surface area contributed by atoms with Crippen LogP contribution in [0.15, 0.2) is 24.3 Å². The van der Waals surface area contributed by atoms with Gasteiger partial charge in [0.1, 0.15) is 6.54 Å². The van der Waals surface area contributed by atoms with Crippen molar-refractivity contribution in [3.8, 4) is 12.3 Å². The molecule has 0 fully saturated rings. The summed E-state index contributed by atoms with van der Waals surface area (Å²) in [5.41, 5.74) is 1.62. The standard InChI is InChI=1S/C14H15NO3/c1-3-4-5-13(16)15(10-14(17)18)12-8-6-11(2)7-9-12/h1,6-9H,4-5,10H2,2H3,(H,17,18). The number of hydrogen-bond acceptors (Lipinski definition) is 2. The van der Waals surface area contributed by atoms with Crippen LogP contribution in [0.1, 0.15) is 18.4 Å². The first kappa shape index (κ1) is 13.8. The Balaban J connectivity index is 2.90. The van der Waals surface area contributed by atoms with Crippen LogP contribution in [-0.4, -0.2) is 23.5 Å². The van der Waals surface area contributed by atoms with Crippen LogP contribution in [0.2, 0.25) is 0 Å². The zero-order valence-electron chi connectivity index (χ0n) is 10.2. The predicted octanol–water partition coefficient (Wildman–Crippen LogP) is 1.83. The molecule has 0 heterocycles. The van der Waals surface area contributed by atoms with Crippen LogP contribution in [0, 0.1) is 19.3 Å². The van der Waals surface area contributed by atoms with Crippen LogP contribution < -0.4 is 4.90 Å². The second kappa shape index (κ2) is 6.45. The van der Waals surface area contributed by atoms with E-state index in [0.717, 1.165) is 5.56 Å². The summed E-state index contributed by atoms with van der Waals surface area (Å²) in [6.07, 6.45) is 5.56. The van der Waals surface area contributed by atoms with Gasteiger partial charge in [-0.2, -0.15) is 0 Å². The fourth-order valence-corrected chi connectivity index (χ4v) is 1.50. The Morgan fingerprint density at radius 1 is 1.33 bits per heavy atom. The van der Waals surface area contributed by atoms with Gasteiger partial charge in [-0.3, -0.25) is 9.59 Å². The van der Waals surface area contributed by atoms with Crippen molar-refractivity contribution < 1.29 is 14.7 Å². The second-order valence-electron chi connectivity index (χ2n) is 3.91. The molecule has 0 aliphatic carbocycles. The van der Waals surface area contributed by atoms with Crippen molar-refractivity contribution in [2.75, 3.05) is 11.4 Å². The van der Waals surface area contributed by atoms with Crippen molar-refractivity contribution in [2.24, 2.45) is 0 Å². The van der Waals surface area contributed by atoms with Crippen LogP contribution in [0.4, 0.5) is 5.69 Å². The lowest BCUT2D eigenvalue weighted by molar-refractivity contribution is -0.136. The zero-order chi connectivity index (χ0) is 13.5. The molecule has 1 rings (SSSR count). The third kappa shape index (κ3) is 3.95. The number of benzene rings is 1. The molecular weight excluding hydrogens is 230 g/mol. The first-order valence-electron chi connectivity index (χ1n) is 5.57. The Labute approximate surface area is 106 Å². The number of amides is 1. The Bertz CT molecular complexity index is 471. The van der Waals surface area contributed by atoms with E-state index in [9.17, 15) is 9.59 Å². The van der Waals surface area contributed by atoms with E-state index < -0.39 is 5.97 Å². The summed E-state index contributed by atoms with van der Waals surface area (Å²) in [7, 11) is 0. The maximum absolute atomic E-state index is 11.9. The number of carbonyl (C=O) groups excluding carboxylic acids is 1. The molecule has 0 aliphatic heterocycles. The number of carboxylic acids is 1. The molecule has 1 aromatic carbocycles. The summed E-state index contributed by atoms with van der Waals surface area (Å²) in [6, 6.07) is 7.12. The number of aliphatic carboxylic acids is 1. The number of anilines is 1. The average Bonchev–Trinajstić information content (AvgIpc) is 2.34. The number of nitrogens with zero attached hydrogens (tertiary/aromatic N) is 1. The molecule has 0 saturated carbocycles. The topological polar surface area (TPSA) is 57.6 Å². The van der Waals surface area contributed by atoms with Crippen molar-refractivity contribution in [2.45, 2.75) is 19.8 Å². The van der Waals surface area contributed by atoms with Crippen molar-refractivity contribution in [1.29, 1.82) is 0 Å². The summed E-state index contributed by atoms with van der Waals surface area (Å²) in [4.78, 5) is 23.9. The van der Waals surface area contributed by atoms with E-state index in [0.29, 0.717) is 12.1 Å². The van der Waals surface area contributed by atoms with E-state index in [1.54, 1.807) is 12.1 Å². The largest absolute Gasteiger partial charge is 0.480 e. The zero-order valence-corrected chi connectivity index (χ0v) is 10.2. The highest BCUT2D eigenvalue weighted by Gasteiger charge is 2.17. The fraction of sp³-hybridized carbons (Fsp3) is 0.286. The smallest absolute Gasteiger partial charge is 0.323 e. The number of terminal acetylenes is 1. The minimum atomic E-state index is -1.05. The highest BCUT2D eigenvalue weighted by molar-refractivity contribution is 5.97. The molecule has 1 amide bonds. The van der Waals surface area contributed by atoms with Crippen LogP contribution in [0.3, 0.4) is 0 Å². The third-order valence-electron chi connectivity index (χ3n) is 2.42. The van der Waals surface area contributed by atoms with E-state index >= 15 is 0 Å². The number of carboxylic acid groups (broad SMARTS) is 1. The minimum Gasteiger partial charge on any atom is -0.480 e. The molecule has 18 heavy (non-hydrogen) atoms. The van der Waals surface area contributed by atoms with Gasteiger partial charge in [-0.05, 0) is 19.1 Å². The third-order valence-corrected chi connectivity index (χ3v) is 2.42. The Kier molecular flexibility index (Phi) is 4.94. The number of rotatable bonds is 5. The van der Waals surface area contributed by atoms with E-state index in [-0.39, 0.29) is 18.9 Å². The van der Waals surface area contributed by atoms with Gasteiger partial charge < -0.3 is 10.0 Å². The predicted molar refractivity (Wildman–Crippen MR) is 69.2 cm³/mol. The Morgan fingerprint density at radius 2 is 1.94 bits per heavy atom. The van der Waals surface area contributed by atoms with Crippen LogP contribution in [-0.2, 0) is 9.59 Å². The molecule has 0 unspecified atom stereocenters. The molecule has 1 N–H and O–H groups in total. The molecule has 4 nitrogen and oxygen atoms in total. The SMILES string of the molecule is C#CCCC(=O)N(CC(=O)O)c1ccc(C)cc1. The van der Waals surface area contributed by atoms with Crippen LogP contribution >= 0.6 is 0 Å². The molecular formula is C14H15NO3. The maximum atomic E-state index is 11.9. The van der Waals surface area contributed by atoms with Gasteiger partial charge in [0, 0.05) is 18.5 Å². The first-order valence-corrected chi connectivity index (χ1v) is 5.57. The van der Waals surface area contributed by atoms with Crippen molar-refractivity contribution in [1.82, 2.24) is 0 Å². The minimum absolute atomic E-state index is 0.150. The highest BCUT2D eigenvalue weighted by Crippen LogP contribution is 2.16. The average molecular weight is 245 g/mol. The quantitative estimate of drug-likeness (QED) is 0.805. The number of carbonyl (C=O) groups is 2. The van der Waals surface area contributed by atoms with Gasteiger partial charge in [0.25, 0.3) is 0 Å². The monoisotopic (exact) mass is 245 g/mol. The summed E-state index contributed by atoms with van der Waals surface area (Å²) >= 11 is 0. The summed E-state index contributed by atoms with van der Waals surface area (Å²) < 4.78 is 0. The van der Waals surface area contributed by atoms with Gasteiger partial charge in [0.05, 0.1) is 0 Å². The van der Waals surface area contributed by atoms with E-state index in [4.69, 9.17) is 11.5 Å². The lowest BCUT2D eigenvalue weighted by Gasteiger charge is -2.20. The van der Waals surface area contributed by atoms with Crippen molar-refractivity contribution >= 4 is 17.6 Å². The highest BCUT2D eigenvalue weighted by atomic mass is 16.4. The molecule has 94 valence electrons. The molecule has 1 aromatic rings. The number of aryl methyl sites for hydroxylation is 1. The van der Waals surface area contributed by atoms with Gasteiger partial charge in [-0.1, -0.05) is 17.7 Å². The lowest BCUT2D eigenvalue weighted by Crippen LogP contribution is -2.35. The lowest BCUT2D eigenvalue weighted by atomic mass is 10.2.